The molecule has 0 aromatic heterocycles. The van der Waals surface area contributed by atoms with Gasteiger partial charge in [-0.05, 0) is 50.6 Å². The van der Waals surface area contributed by atoms with Crippen LogP contribution in [0.2, 0.25) is 0 Å². The fourth-order valence-corrected chi connectivity index (χ4v) is 5.06. The SMILES string of the molecule is CCC1CCCN1C(=O)c1ccc(S(=O)(=O)N2CCN(C)CC2)cc1. The third-order valence-corrected chi connectivity index (χ3v) is 7.22. The van der Waals surface area contributed by atoms with Gasteiger partial charge in [0.1, 0.15) is 0 Å². The van der Waals surface area contributed by atoms with Crippen LogP contribution >= 0.6 is 0 Å². The molecule has 1 atom stereocenters. The van der Waals surface area contributed by atoms with Crippen LogP contribution in [0, 0.1) is 0 Å². The van der Waals surface area contributed by atoms with E-state index in [-0.39, 0.29) is 10.8 Å². The molecular weight excluding hydrogens is 338 g/mol. The number of carbonyl (C=O) groups is 1. The second-order valence-electron chi connectivity index (χ2n) is 6.93. The molecule has 2 aliphatic heterocycles. The zero-order valence-electron chi connectivity index (χ0n) is 15.0. The highest BCUT2D eigenvalue weighted by molar-refractivity contribution is 7.89. The summed E-state index contributed by atoms with van der Waals surface area (Å²) >= 11 is 0. The summed E-state index contributed by atoms with van der Waals surface area (Å²) in [5.41, 5.74) is 0.567. The number of piperazine rings is 1. The summed E-state index contributed by atoms with van der Waals surface area (Å²) in [5.74, 6) is 0.00731. The molecule has 138 valence electrons. The lowest BCUT2D eigenvalue weighted by Gasteiger charge is -2.31. The Morgan fingerprint density at radius 1 is 1.08 bits per heavy atom. The number of hydrogen-bond donors (Lipinski definition) is 0. The van der Waals surface area contributed by atoms with E-state index >= 15 is 0 Å². The van der Waals surface area contributed by atoms with Crippen molar-refractivity contribution in [3.8, 4) is 0 Å². The minimum atomic E-state index is -3.48. The quantitative estimate of drug-likeness (QED) is 0.814. The van der Waals surface area contributed by atoms with E-state index in [0.717, 1.165) is 38.9 Å². The molecule has 2 heterocycles. The van der Waals surface area contributed by atoms with Crippen LogP contribution in [-0.4, -0.2) is 74.2 Å². The second-order valence-corrected chi connectivity index (χ2v) is 8.87. The van der Waals surface area contributed by atoms with E-state index in [1.165, 1.54) is 4.31 Å². The van der Waals surface area contributed by atoms with Gasteiger partial charge >= 0.3 is 0 Å². The largest absolute Gasteiger partial charge is 0.336 e. The molecule has 2 aliphatic rings. The second kappa shape index (κ2) is 7.43. The predicted octanol–water partition coefficient (Wildman–Crippen LogP) is 1.64. The normalized spacial score (nSPS) is 23.1. The number of benzene rings is 1. The Morgan fingerprint density at radius 3 is 2.32 bits per heavy atom. The molecule has 6 nitrogen and oxygen atoms in total. The fourth-order valence-electron chi connectivity index (χ4n) is 3.64. The van der Waals surface area contributed by atoms with Crippen LogP contribution in [0.4, 0.5) is 0 Å². The molecule has 0 saturated carbocycles. The number of likely N-dealkylation sites (N-methyl/N-ethyl adjacent to an activating group) is 1. The first-order valence-corrected chi connectivity index (χ1v) is 10.5. The minimum Gasteiger partial charge on any atom is -0.336 e. The van der Waals surface area contributed by atoms with Crippen molar-refractivity contribution >= 4 is 15.9 Å². The first-order valence-electron chi connectivity index (χ1n) is 9.03. The molecule has 0 N–H and O–H groups in total. The van der Waals surface area contributed by atoms with Gasteiger partial charge in [0, 0.05) is 44.3 Å². The number of carbonyl (C=O) groups excluding carboxylic acids is 1. The van der Waals surface area contributed by atoms with Gasteiger partial charge in [0.2, 0.25) is 10.0 Å². The summed E-state index contributed by atoms with van der Waals surface area (Å²) in [4.78, 5) is 17.0. The molecule has 1 amide bonds. The molecule has 25 heavy (non-hydrogen) atoms. The average Bonchev–Trinajstić information content (AvgIpc) is 3.10. The Balaban J connectivity index is 1.74. The fraction of sp³-hybridized carbons (Fsp3) is 0.611. The summed E-state index contributed by atoms with van der Waals surface area (Å²) in [6, 6.07) is 6.74. The zero-order valence-corrected chi connectivity index (χ0v) is 15.8. The van der Waals surface area contributed by atoms with E-state index in [4.69, 9.17) is 0 Å². The highest BCUT2D eigenvalue weighted by Gasteiger charge is 2.30. The Morgan fingerprint density at radius 2 is 1.72 bits per heavy atom. The molecule has 0 spiro atoms. The van der Waals surface area contributed by atoms with Crippen LogP contribution < -0.4 is 0 Å². The Labute approximate surface area is 150 Å². The molecule has 3 rings (SSSR count). The van der Waals surface area contributed by atoms with E-state index in [0.29, 0.717) is 24.7 Å². The topological polar surface area (TPSA) is 60.9 Å². The van der Waals surface area contributed by atoms with E-state index < -0.39 is 10.0 Å². The molecule has 0 aliphatic carbocycles. The zero-order chi connectivity index (χ0) is 18.0. The van der Waals surface area contributed by atoms with Crippen molar-refractivity contribution in [2.75, 3.05) is 39.8 Å². The number of hydrogen-bond acceptors (Lipinski definition) is 4. The number of amides is 1. The van der Waals surface area contributed by atoms with Gasteiger partial charge in [-0.25, -0.2) is 8.42 Å². The summed E-state index contributed by atoms with van der Waals surface area (Å²) in [6.07, 6.45) is 3.06. The van der Waals surface area contributed by atoms with E-state index in [2.05, 4.69) is 11.8 Å². The van der Waals surface area contributed by atoms with Crippen molar-refractivity contribution < 1.29 is 13.2 Å². The maximum atomic E-state index is 12.7. The number of sulfonamides is 1. The smallest absolute Gasteiger partial charge is 0.254 e. The summed E-state index contributed by atoms with van der Waals surface area (Å²) in [7, 11) is -1.49. The predicted molar refractivity (Wildman–Crippen MR) is 97.0 cm³/mol. The molecule has 2 saturated heterocycles. The lowest BCUT2D eigenvalue weighted by Crippen LogP contribution is -2.47. The van der Waals surface area contributed by atoms with Crippen molar-refractivity contribution in [1.29, 1.82) is 0 Å². The Hall–Kier alpha value is -1.44. The molecular formula is C18H27N3O3S. The van der Waals surface area contributed by atoms with Crippen LogP contribution in [0.3, 0.4) is 0 Å². The van der Waals surface area contributed by atoms with Gasteiger partial charge in [-0.3, -0.25) is 4.79 Å². The Bertz CT molecular complexity index is 710. The molecule has 1 aromatic carbocycles. The van der Waals surface area contributed by atoms with E-state index in [9.17, 15) is 13.2 Å². The highest BCUT2D eigenvalue weighted by atomic mass is 32.2. The molecule has 7 heteroatoms. The van der Waals surface area contributed by atoms with Gasteiger partial charge in [0.05, 0.1) is 4.90 Å². The first kappa shape index (κ1) is 18.4. The molecule has 1 unspecified atom stereocenters. The molecule has 1 aromatic rings. The number of likely N-dealkylation sites (tertiary alicyclic amines) is 1. The average molecular weight is 365 g/mol. The third-order valence-electron chi connectivity index (χ3n) is 5.31. The van der Waals surface area contributed by atoms with Gasteiger partial charge < -0.3 is 9.80 Å². The molecule has 0 bridgehead atoms. The van der Waals surface area contributed by atoms with Gasteiger partial charge in [-0.1, -0.05) is 6.92 Å². The van der Waals surface area contributed by atoms with Crippen molar-refractivity contribution in [2.24, 2.45) is 0 Å². The van der Waals surface area contributed by atoms with Crippen LogP contribution in [-0.2, 0) is 10.0 Å². The lowest BCUT2D eigenvalue weighted by molar-refractivity contribution is 0.0733. The maximum absolute atomic E-state index is 12.7. The van der Waals surface area contributed by atoms with Gasteiger partial charge in [0.15, 0.2) is 0 Å². The van der Waals surface area contributed by atoms with Gasteiger partial charge in [-0.15, -0.1) is 0 Å². The summed E-state index contributed by atoms with van der Waals surface area (Å²) in [5, 5.41) is 0. The number of nitrogens with zero attached hydrogens (tertiary/aromatic N) is 3. The van der Waals surface area contributed by atoms with Gasteiger partial charge in [0.25, 0.3) is 5.91 Å². The first-order chi connectivity index (χ1) is 11.9. The molecule has 2 fully saturated rings. The van der Waals surface area contributed by atoms with Crippen LogP contribution in [0.25, 0.3) is 0 Å². The van der Waals surface area contributed by atoms with Crippen molar-refractivity contribution in [1.82, 2.24) is 14.1 Å². The number of rotatable bonds is 4. The van der Waals surface area contributed by atoms with E-state index in [1.807, 2.05) is 11.9 Å². The maximum Gasteiger partial charge on any atom is 0.254 e. The van der Waals surface area contributed by atoms with Crippen molar-refractivity contribution in [2.45, 2.75) is 37.1 Å². The van der Waals surface area contributed by atoms with Crippen molar-refractivity contribution in [3.63, 3.8) is 0 Å². The van der Waals surface area contributed by atoms with Crippen LogP contribution in [0.1, 0.15) is 36.5 Å². The van der Waals surface area contributed by atoms with Crippen LogP contribution in [0.5, 0.6) is 0 Å². The summed E-state index contributed by atoms with van der Waals surface area (Å²) < 4.78 is 27.0. The highest BCUT2D eigenvalue weighted by Crippen LogP contribution is 2.23. The lowest BCUT2D eigenvalue weighted by atomic mass is 10.1. The van der Waals surface area contributed by atoms with Gasteiger partial charge in [-0.2, -0.15) is 4.31 Å². The van der Waals surface area contributed by atoms with E-state index in [1.54, 1.807) is 24.3 Å². The third kappa shape index (κ3) is 3.73. The monoisotopic (exact) mass is 365 g/mol. The summed E-state index contributed by atoms with van der Waals surface area (Å²) in [6.45, 7) is 5.38. The van der Waals surface area contributed by atoms with Crippen molar-refractivity contribution in [3.05, 3.63) is 29.8 Å². The minimum absolute atomic E-state index is 0.00731. The Kier molecular flexibility index (Phi) is 5.46. The van der Waals surface area contributed by atoms with Crippen LogP contribution in [0.15, 0.2) is 29.2 Å². The standard InChI is InChI=1S/C18H27N3O3S/c1-3-16-5-4-10-21(16)18(22)15-6-8-17(9-7-15)25(23,24)20-13-11-19(2)12-14-20/h6-9,16H,3-5,10-14H2,1-2H3. The molecule has 0 radical (unpaired) electrons.